The van der Waals surface area contributed by atoms with Crippen molar-refractivity contribution in [1.82, 2.24) is 9.88 Å². The quantitative estimate of drug-likeness (QED) is 0.791. The number of aryl methyl sites for hydroxylation is 1. The molecule has 0 unspecified atom stereocenters. The van der Waals surface area contributed by atoms with Crippen molar-refractivity contribution in [2.24, 2.45) is 7.05 Å². The van der Waals surface area contributed by atoms with Gasteiger partial charge in [-0.2, -0.15) is 0 Å². The number of benzene rings is 2. The van der Waals surface area contributed by atoms with E-state index in [1.807, 2.05) is 73.3 Å². The third-order valence-corrected chi connectivity index (χ3v) is 5.17. The highest BCUT2D eigenvalue weighted by atomic mass is 32.2. The van der Waals surface area contributed by atoms with E-state index in [0.29, 0.717) is 5.56 Å². The second-order valence-corrected chi connectivity index (χ2v) is 7.26. The van der Waals surface area contributed by atoms with Crippen LogP contribution in [0, 0.1) is 0 Å². The van der Waals surface area contributed by atoms with Gasteiger partial charge in [0.15, 0.2) is 0 Å². The first-order valence-electron chi connectivity index (χ1n) is 7.75. The van der Waals surface area contributed by atoms with Gasteiger partial charge in [-0.25, -0.2) is 0 Å². The Balaban J connectivity index is 1.81. The molecule has 0 aliphatic heterocycles. The van der Waals surface area contributed by atoms with Crippen LogP contribution in [0.15, 0.2) is 59.6 Å². The van der Waals surface area contributed by atoms with Gasteiger partial charge in [-0.3, -0.25) is 9.00 Å². The minimum Gasteiger partial charge on any atom is -0.351 e. The first-order chi connectivity index (χ1) is 11.5. The lowest BCUT2D eigenvalue weighted by molar-refractivity contribution is 0.0941. The molecule has 1 N–H and O–H groups in total. The summed E-state index contributed by atoms with van der Waals surface area (Å²) in [6.45, 7) is 1.95. The van der Waals surface area contributed by atoms with E-state index >= 15 is 0 Å². The van der Waals surface area contributed by atoms with Gasteiger partial charge < -0.3 is 9.88 Å². The average Bonchev–Trinajstić information content (AvgIpc) is 2.96. The third-order valence-electron chi connectivity index (χ3n) is 4.23. The second-order valence-electron chi connectivity index (χ2n) is 5.88. The van der Waals surface area contributed by atoms with Crippen LogP contribution in [0.2, 0.25) is 0 Å². The standard InChI is InChI=1S/C19H20N2O2S/c1-13(14-7-9-15(10-8-14)24(3)23)20-19(22)17-5-4-6-18-16(17)11-12-21(18)2/h4-13H,1-3H3,(H,20,22)/t13-,24-/m0/s1. The zero-order valence-electron chi connectivity index (χ0n) is 13.9. The van der Waals surface area contributed by atoms with Gasteiger partial charge in [-0.15, -0.1) is 0 Å². The summed E-state index contributed by atoms with van der Waals surface area (Å²) in [6, 6.07) is 15.1. The highest BCUT2D eigenvalue weighted by molar-refractivity contribution is 7.84. The van der Waals surface area contributed by atoms with Crippen molar-refractivity contribution < 1.29 is 9.00 Å². The number of nitrogens with one attached hydrogen (secondary N) is 1. The molecule has 124 valence electrons. The molecule has 0 radical (unpaired) electrons. The number of fused-ring (bicyclic) bond motifs is 1. The van der Waals surface area contributed by atoms with Crippen LogP contribution in [-0.4, -0.2) is 20.9 Å². The van der Waals surface area contributed by atoms with Gasteiger partial charge in [-0.05, 0) is 42.8 Å². The van der Waals surface area contributed by atoms with Crippen molar-refractivity contribution in [1.29, 1.82) is 0 Å². The summed E-state index contributed by atoms with van der Waals surface area (Å²) in [6.07, 6.45) is 3.61. The lowest BCUT2D eigenvalue weighted by Crippen LogP contribution is -2.26. The van der Waals surface area contributed by atoms with Crippen molar-refractivity contribution in [2.45, 2.75) is 17.9 Å². The molecule has 0 spiro atoms. The molecule has 1 heterocycles. The molecule has 0 bridgehead atoms. The molecule has 3 rings (SSSR count). The maximum atomic E-state index is 12.7. The maximum Gasteiger partial charge on any atom is 0.252 e. The van der Waals surface area contributed by atoms with Crippen molar-refractivity contribution in [2.75, 3.05) is 6.26 Å². The van der Waals surface area contributed by atoms with E-state index in [1.165, 1.54) is 0 Å². The molecule has 0 aliphatic rings. The van der Waals surface area contributed by atoms with Gasteiger partial charge in [0.2, 0.25) is 0 Å². The van der Waals surface area contributed by atoms with Gasteiger partial charge >= 0.3 is 0 Å². The Morgan fingerprint density at radius 2 is 1.83 bits per heavy atom. The zero-order chi connectivity index (χ0) is 17.3. The van der Waals surface area contributed by atoms with Crippen molar-refractivity contribution >= 4 is 27.6 Å². The molecule has 0 fully saturated rings. The van der Waals surface area contributed by atoms with Crippen LogP contribution in [0.4, 0.5) is 0 Å². The van der Waals surface area contributed by atoms with Crippen LogP contribution >= 0.6 is 0 Å². The molecule has 1 amide bonds. The molecule has 1 aromatic heterocycles. The summed E-state index contributed by atoms with van der Waals surface area (Å²) in [5.41, 5.74) is 2.69. The minimum atomic E-state index is -0.994. The highest BCUT2D eigenvalue weighted by Gasteiger charge is 2.15. The molecule has 5 heteroatoms. The smallest absolute Gasteiger partial charge is 0.252 e. The number of carbonyl (C=O) groups excluding carboxylic acids is 1. The van der Waals surface area contributed by atoms with E-state index in [1.54, 1.807) is 6.26 Å². The molecule has 4 nitrogen and oxygen atoms in total. The van der Waals surface area contributed by atoms with Gasteiger partial charge in [0.1, 0.15) is 0 Å². The summed E-state index contributed by atoms with van der Waals surface area (Å²) in [4.78, 5) is 13.4. The fourth-order valence-electron chi connectivity index (χ4n) is 2.81. The molecule has 2 atom stereocenters. The van der Waals surface area contributed by atoms with E-state index < -0.39 is 10.8 Å². The lowest BCUT2D eigenvalue weighted by Gasteiger charge is -2.15. The number of carbonyl (C=O) groups is 1. The number of aromatic nitrogens is 1. The molecule has 0 saturated heterocycles. The van der Waals surface area contributed by atoms with Crippen LogP contribution in [-0.2, 0) is 17.8 Å². The van der Waals surface area contributed by atoms with E-state index in [0.717, 1.165) is 21.4 Å². The SMILES string of the molecule is C[C@H](NC(=O)c1cccc2c1ccn2C)c1ccc([S@](C)=O)cc1. The van der Waals surface area contributed by atoms with Crippen LogP contribution in [0.5, 0.6) is 0 Å². The summed E-state index contributed by atoms with van der Waals surface area (Å²) >= 11 is 0. The number of hydrogen-bond acceptors (Lipinski definition) is 2. The molecular formula is C19H20N2O2S. The van der Waals surface area contributed by atoms with E-state index in [4.69, 9.17) is 0 Å². The molecule has 3 aromatic rings. The van der Waals surface area contributed by atoms with E-state index in [9.17, 15) is 9.00 Å². The Bertz CT molecular complexity index is 913. The third kappa shape index (κ3) is 3.12. The monoisotopic (exact) mass is 340 g/mol. The molecule has 0 aliphatic carbocycles. The fourth-order valence-corrected chi connectivity index (χ4v) is 3.33. The van der Waals surface area contributed by atoms with Crippen LogP contribution in [0.1, 0.15) is 28.9 Å². The van der Waals surface area contributed by atoms with Gasteiger partial charge in [0, 0.05) is 51.7 Å². The highest BCUT2D eigenvalue weighted by Crippen LogP contribution is 2.21. The number of amides is 1. The summed E-state index contributed by atoms with van der Waals surface area (Å²) in [5.74, 6) is -0.0950. The normalized spacial score (nSPS) is 13.6. The average molecular weight is 340 g/mol. The molecule has 0 saturated carbocycles. The predicted molar refractivity (Wildman–Crippen MR) is 97.6 cm³/mol. The Morgan fingerprint density at radius 3 is 2.50 bits per heavy atom. The minimum absolute atomic E-state index is 0.0950. The Kier molecular flexibility index (Phi) is 4.53. The fraction of sp³-hybridized carbons (Fsp3) is 0.211. The Labute approximate surface area is 143 Å². The lowest BCUT2D eigenvalue weighted by atomic mass is 10.1. The van der Waals surface area contributed by atoms with E-state index in [-0.39, 0.29) is 11.9 Å². The molecule has 2 aromatic carbocycles. The van der Waals surface area contributed by atoms with Crippen LogP contribution in [0.25, 0.3) is 10.9 Å². The summed E-state index contributed by atoms with van der Waals surface area (Å²) in [5, 5.41) is 3.98. The molecule has 24 heavy (non-hydrogen) atoms. The predicted octanol–water partition coefficient (Wildman–Crippen LogP) is 3.41. The van der Waals surface area contributed by atoms with Crippen molar-refractivity contribution in [3.63, 3.8) is 0 Å². The summed E-state index contributed by atoms with van der Waals surface area (Å²) in [7, 11) is 0.970. The van der Waals surface area contributed by atoms with Crippen LogP contribution < -0.4 is 5.32 Å². The largest absolute Gasteiger partial charge is 0.351 e. The van der Waals surface area contributed by atoms with Crippen LogP contribution in [0.3, 0.4) is 0 Å². The molecular weight excluding hydrogens is 320 g/mol. The number of hydrogen-bond donors (Lipinski definition) is 1. The first-order valence-corrected chi connectivity index (χ1v) is 9.31. The van der Waals surface area contributed by atoms with Crippen molar-refractivity contribution in [3.8, 4) is 0 Å². The zero-order valence-corrected chi connectivity index (χ0v) is 14.8. The topological polar surface area (TPSA) is 51.1 Å². The number of nitrogens with zero attached hydrogens (tertiary/aromatic N) is 1. The summed E-state index contributed by atoms with van der Waals surface area (Å²) < 4.78 is 13.5. The Hall–Kier alpha value is -2.40. The first kappa shape index (κ1) is 16.5. The van der Waals surface area contributed by atoms with Crippen molar-refractivity contribution in [3.05, 3.63) is 65.9 Å². The van der Waals surface area contributed by atoms with Gasteiger partial charge in [0.25, 0.3) is 5.91 Å². The second kappa shape index (κ2) is 6.61. The number of rotatable bonds is 4. The van der Waals surface area contributed by atoms with E-state index in [2.05, 4.69) is 5.32 Å². The Morgan fingerprint density at radius 1 is 1.12 bits per heavy atom. The maximum absolute atomic E-state index is 12.7. The van der Waals surface area contributed by atoms with Gasteiger partial charge in [0.05, 0.1) is 6.04 Å². The van der Waals surface area contributed by atoms with Gasteiger partial charge in [-0.1, -0.05) is 18.2 Å².